The van der Waals surface area contributed by atoms with Crippen molar-refractivity contribution in [1.29, 1.82) is 0 Å². The Kier molecular flexibility index (Phi) is 4.27. The second kappa shape index (κ2) is 5.76. The first kappa shape index (κ1) is 14.1. The minimum Gasteiger partial charge on any atom is -0.324 e. The van der Waals surface area contributed by atoms with E-state index in [9.17, 15) is 0 Å². The molecule has 0 spiro atoms. The first-order valence-corrected chi connectivity index (χ1v) is 6.93. The average molecular weight is 278 g/mol. The average Bonchev–Trinajstić information content (AvgIpc) is 2.68. The molecule has 3 nitrogen and oxygen atoms in total. The zero-order valence-electron chi connectivity index (χ0n) is 11.7. The molecule has 2 N–H and O–H groups in total. The molecule has 1 heterocycles. The highest BCUT2D eigenvalue weighted by molar-refractivity contribution is 6.30. The first-order valence-electron chi connectivity index (χ1n) is 6.55. The number of aromatic nitrogens is 2. The van der Waals surface area contributed by atoms with E-state index in [1.165, 1.54) is 5.69 Å². The molecule has 1 aromatic heterocycles. The predicted octanol–water partition coefficient (Wildman–Crippen LogP) is 3.42. The number of rotatable bonds is 4. The van der Waals surface area contributed by atoms with Gasteiger partial charge >= 0.3 is 0 Å². The maximum absolute atomic E-state index is 6.30. The lowest BCUT2D eigenvalue weighted by molar-refractivity contribution is 0.587. The van der Waals surface area contributed by atoms with Crippen LogP contribution in [0.5, 0.6) is 0 Å². The van der Waals surface area contributed by atoms with Crippen molar-refractivity contribution in [2.45, 2.75) is 39.8 Å². The summed E-state index contributed by atoms with van der Waals surface area (Å²) < 4.78 is 2.01. The number of halogens is 1. The number of nitrogens with two attached hydrogens (primary N) is 1. The van der Waals surface area contributed by atoms with Gasteiger partial charge in [-0.15, -0.1) is 0 Å². The Hall–Kier alpha value is -1.32. The lowest BCUT2D eigenvalue weighted by atomic mass is 10.0. The Morgan fingerprint density at radius 2 is 2.00 bits per heavy atom. The molecule has 1 atom stereocenters. The van der Waals surface area contributed by atoms with Crippen LogP contribution in [0.1, 0.15) is 35.5 Å². The summed E-state index contributed by atoms with van der Waals surface area (Å²) in [5, 5.41) is 5.19. The maximum Gasteiger partial charge on any atom is 0.0596 e. The minimum atomic E-state index is -0.0567. The van der Waals surface area contributed by atoms with Gasteiger partial charge < -0.3 is 5.73 Å². The van der Waals surface area contributed by atoms with Crippen LogP contribution in [0.2, 0.25) is 5.02 Å². The fourth-order valence-electron chi connectivity index (χ4n) is 2.36. The van der Waals surface area contributed by atoms with E-state index in [4.69, 9.17) is 17.3 Å². The van der Waals surface area contributed by atoms with Crippen molar-refractivity contribution in [3.05, 3.63) is 51.8 Å². The van der Waals surface area contributed by atoms with Gasteiger partial charge in [-0.05, 0) is 50.1 Å². The summed E-state index contributed by atoms with van der Waals surface area (Å²) in [5.74, 6) is 0. The molecule has 19 heavy (non-hydrogen) atoms. The number of aryl methyl sites for hydroxylation is 3. The predicted molar refractivity (Wildman–Crippen MR) is 79.5 cm³/mol. The van der Waals surface area contributed by atoms with Crippen LogP contribution in [-0.2, 0) is 13.0 Å². The standard InChI is InChI=1S/C15H20ClN3/c1-4-19-14(7-11(3)18-19)9-15(17)12-5-10(2)6-13(16)8-12/h5-8,15H,4,9,17H2,1-3H3. The van der Waals surface area contributed by atoms with Crippen LogP contribution in [0.4, 0.5) is 0 Å². The van der Waals surface area contributed by atoms with Crippen LogP contribution < -0.4 is 5.73 Å². The van der Waals surface area contributed by atoms with Crippen molar-refractivity contribution < 1.29 is 0 Å². The van der Waals surface area contributed by atoms with E-state index in [1.54, 1.807) is 0 Å². The summed E-state index contributed by atoms with van der Waals surface area (Å²) in [4.78, 5) is 0. The molecule has 2 aromatic rings. The Morgan fingerprint density at radius 3 is 2.63 bits per heavy atom. The topological polar surface area (TPSA) is 43.8 Å². The zero-order chi connectivity index (χ0) is 14.0. The summed E-state index contributed by atoms with van der Waals surface area (Å²) in [5.41, 5.74) is 10.7. The van der Waals surface area contributed by atoms with Gasteiger partial charge in [-0.25, -0.2) is 0 Å². The van der Waals surface area contributed by atoms with E-state index < -0.39 is 0 Å². The third kappa shape index (κ3) is 3.37. The Labute approximate surface area is 119 Å². The molecule has 1 unspecified atom stereocenters. The molecule has 0 radical (unpaired) electrons. The Morgan fingerprint density at radius 1 is 1.26 bits per heavy atom. The Balaban J connectivity index is 2.22. The van der Waals surface area contributed by atoms with Crippen LogP contribution in [-0.4, -0.2) is 9.78 Å². The number of benzene rings is 1. The highest BCUT2D eigenvalue weighted by Gasteiger charge is 2.12. The van der Waals surface area contributed by atoms with Crippen LogP contribution in [0.15, 0.2) is 24.3 Å². The molecule has 0 aliphatic heterocycles. The van der Waals surface area contributed by atoms with Gasteiger partial charge in [0.1, 0.15) is 0 Å². The van der Waals surface area contributed by atoms with Crippen LogP contribution >= 0.6 is 11.6 Å². The third-order valence-electron chi connectivity index (χ3n) is 3.21. The van der Waals surface area contributed by atoms with Gasteiger partial charge in [-0.3, -0.25) is 4.68 Å². The molecular formula is C15H20ClN3. The molecule has 0 aliphatic carbocycles. The monoisotopic (exact) mass is 277 g/mol. The van der Waals surface area contributed by atoms with E-state index >= 15 is 0 Å². The van der Waals surface area contributed by atoms with Gasteiger partial charge in [0.05, 0.1) is 5.69 Å². The summed E-state index contributed by atoms with van der Waals surface area (Å²) in [6, 6.07) is 8.02. The summed E-state index contributed by atoms with van der Waals surface area (Å²) in [6.45, 7) is 6.99. The van der Waals surface area contributed by atoms with Gasteiger partial charge in [0.15, 0.2) is 0 Å². The van der Waals surface area contributed by atoms with Gasteiger partial charge in [-0.2, -0.15) is 5.10 Å². The summed E-state index contributed by atoms with van der Waals surface area (Å²) in [6.07, 6.45) is 0.772. The normalized spacial score (nSPS) is 12.7. The van der Waals surface area contributed by atoms with Crippen molar-refractivity contribution in [3.63, 3.8) is 0 Å². The lowest BCUT2D eigenvalue weighted by Crippen LogP contribution is -2.16. The first-order chi connectivity index (χ1) is 8.99. The van der Waals surface area contributed by atoms with Crippen LogP contribution in [0, 0.1) is 13.8 Å². The van der Waals surface area contributed by atoms with Crippen LogP contribution in [0.25, 0.3) is 0 Å². The van der Waals surface area contributed by atoms with E-state index in [0.717, 1.165) is 34.8 Å². The van der Waals surface area contributed by atoms with Crippen molar-refractivity contribution in [2.24, 2.45) is 5.73 Å². The molecule has 0 saturated heterocycles. The van der Waals surface area contributed by atoms with E-state index in [2.05, 4.69) is 24.2 Å². The van der Waals surface area contributed by atoms with Crippen molar-refractivity contribution in [2.75, 3.05) is 0 Å². The third-order valence-corrected chi connectivity index (χ3v) is 3.42. The maximum atomic E-state index is 6.30. The molecule has 0 aliphatic rings. The molecular weight excluding hydrogens is 258 g/mol. The summed E-state index contributed by atoms with van der Waals surface area (Å²) >= 11 is 6.09. The fraction of sp³-hybridized carbons (Fsp3) is 0.400. The van der Waals surface area contributed by atoms with Crippen molar-refractivity contribution in [3.8, 4) is 0 Å². The highest BCUT2D eigenvalue weighted by atomic mass is 35.5. The number of nitrogens with zero attached hydrogens (tertiary/aromatic N) is 2. The van der Waals surface area contributed by atoms with E-state index in [0.29, 0.717) is 0 Å². The zero-order valence-corrected chi connectivity index (χ0v) is 12.4. The van der Waals surface area contributed by atoms with Crippen LogP contribution in [0.3, 0.4) is 0 Å². The molecule has 1 aromatic carbocycles. The quantitative estimate of drug-likeness (QED) is 0.931. The molecule has 4 heteroatoms. The second-order valence-electron chi connectivity index (χ2n) is 4.97. The Bertz CT molecular complexity index is 555. The van der Waals surface area contributed by atoms with Crippen molar-refractivity contribution in [1.82, 2.24) is 9.78 Å². The fourth-order valence-corrected chi connectivity index (χ4v) is 2.66. The largest absolute Gasteiger partial charge is 0.324 e. The van der Waals surface area contributed by atoms with E-state index in [1.807, 2.05) is 30.7 Å². The lowest BCUT2D eigenvalue weighted by Gasteiger charge is -2.14. The highest BCUT2D eigenvalue weighted by Crippen LogP contribution is 2.22. The molecule has 0 fully saturated rings. The molecule has 0 amide bonds. The minimum absolute atomic E-state index is 0.0567. The number of hydrogen-bond donors (Lipinski definition) is 1. The van der Waals surface area contributed by atoms with Gasteiger partial charge in [-0.1, -0.05) is 17.7 Å². The molecule has 2 rings (SSSR count). The number of hydrogen-bond acceptors (Lipinski definition) is 2. The summed E-state index contributed by atoms with van der Waals surface area (Å²) in [7, 11) is 0. The van der Waals surface area contributed by atoms with Gasteiger partial charge in [0.2, 0.25) is 0 Å². The van der Waals surface area contributed by atoms with Crippen molar-refractivity contribution >= 4 is 11.6 Å². The molecule has 0 bridgehead atoms. The van der Waals surface area contributed by atoms with Gasteiger partial charge in [0, 0.05) is 29.7 Å². The van der Waals surface area contributed by atoms with E-state index in [-0.39, 0.29) is 6.04 Å². The molecule has 102 valence electrons. The second-order valence-corrected chi connectivity index (χ2v) is 5.40. The molecule has 0 saturated carbocycles. The SMILES string of the molecule is CCn1nc(C)cc1CC(N)c1cc(C)cc(Cl)c1. The smallest absolute Gasteiger partial charge is 0.0596 e. The van der Waals surface area contributed by atoms with Gasteiger partial charge in [0.25, 0.3) is 0 Å².